The van der Waals surface area contributed by atoms with Crippen molar-refractivity contribution in [1.29, 1.82) is 0 Å². The smallest absolute Gasteiger partial charge is 0.146 e. The van der Waals surface area contributed by atoms with Gasteiger partial charge in [-0.1, -0.05) is 30.3 Å². The SMILES string of the molecule is c1cnc2c(OCc3ccc(N4CCOCC4)cc3)cccc2c1. The molecule has 2 aromatic carbocycles. The van der Waals surface area contributed by atoms with Crippen molar-refractivity contribution in [1.82, 2.24) is 4.98 Å². The van der Waals surface area contributed by atoms with Crippen molar-refractivity contribution in [3.05, 3.63) is 66.4 Å². The summed E-state index contributed by atoms with van der Waals surface area (Å²) >= 11 is 0. The maximum atomic E-state index is 5.99. The molecule has 0 amide bonds. The Morgan fingerprint density at radius 1 is 0.958 bits per heavy atom. The lowest BCUT2D eigenvalue weighted by Gasteiger charge is -2.28. The van der Waals surface area contributed by atoms with Crippen LogP contribution in [0.15, 0.2) is 60.8 Å². The highest BCUT2D eigenvalue weighted by Crippen LogP contribution is 2.24. The quantitative estimate of drug-likeness (QED) is 0.735. The van der Waals surface area contributed by atoms with Crippen molar-refractivity contribution in [2.24, 2.45) is 0 Å². The van der Waals surface area contributed by atoms with E-state index in [4.69, 9.17) is 9.47 Å². The molecule has 4 heteroatoms. The second-order valence-electron chi connectivity index (χ2n) is 5.89. The van der Waals surface area contributed by atoms with E-state index in [9.17, 15) is 0 Å². The van der Waals surface area contributed by atoms with Crippen LogP contribution in [0, 0.1) is 0 Å². The summed E-state index contributed by atoms with van der Waals surface area (Å²) in [6.45, 7) is 4.06. The molecule has 0 spiro atoms. The number of hydrogen-bond donors (Lipinski definition) is 0. The van der Waals surface area contributed by atoms with Crippen molar-refractivity contribution in [3.8, 4) is 5.75 Å². The highest BCUT2D eigenvalue weighted by molar-refractivity contribution is 5.84. The molecule has 3 aromatic rings. The fraction of sp³-hybridized carbons (Fsp3) is 0.250. The topological polar surface area (TPSA) is 34.6 Å². The Labute approximate surface area is 141 Å². The maximum Gasteiger partial charge on any atom is 0.146 e. The van der Waals surface area contributed by atoms with E-state index >= 15 is 0 Å². The van der Waals surface area contributed by atoms with Gasteiger partial charge in [0.05, 0.1) is 13.2 Å². The van der Waals surface area contributed by atoms with Crippen LogP contribution in [0.25, 0.3) is 10.9 Å². The van der Waals surface area contributed by atoms with Crippen molar-refractivity contribution in [2.45, 2.75) is 6.61 Å². The van der Waals surface area contributed by atoms with Crippen LogP contribution in [0.1, 0.15) is 5.56 Å². The molecule has 4 rings (SSSR count). The third-order valence-electron chi connectivity index (χ3n) is 4.30. The number of ether oxygens (including phenoxy) is 2. The third kappa shape index (κ3) is 3.19. The number of anilines is 1. The van der Waals surface area contributed by atoms with Gasteiger partial charge in [0.2, 0.25) is 0 Å². The highest BCUT2D eigenvalue weighted by Gasteiger charge is 2.11. The van der Waals surface area contributed by atoms with Gasteiger partial charge in [0.15, 0.2) is 0 Å². The number of morpholine rings is 1. The number of nitrogens with zero attached hydrogens (tertiary/aromatic N) is 2. The van der Waals surface area contributed by atoms with E-state index in [0.29, 0.717) is 6.61 Å². The second-order valence-corrected chi connectivity index (χ2v) is 5.89. The molecule has 1 saturated heterocycles. The molecule has 2 heterocycles. The Balaban J connectivity index is 1.45. The number of pyridine rings is 1. The van der Waals surface area contributed by atoms with E-state index in [0.717, 1.165) is 48.5 Å². The fourth-order valence-electron chi connectivity index (χ4n) is 2.98. The van der Waals surface area contributed by atoms with E-state index in [1.165, 1.54) is 5.69 Å². The molecule has 0 bridgehead atoms. The summed E-state index contributed by atoms with van der Waals surface area (Å²) in [6, 6.07) is 18.6. The van der Waals surface area contributed by atoms with Gasteiger partial charge in [-0.05, 0) is 29.8 Å². The number of aromatic nitrogens is 1. The number of rotatable bonds is 4. The van der Waals surface area contributed by atoms with Crippen LogP contribution >= 0.6 is 0 Å². The largest absolute Gasteiger partial charge is 0.487 e. The highest BCUT2D eigenvalue weighted by atomic mass is 16.5. The summed E-state index contributed by atoms with van der Waals surface area (Å²) in [5.74, 6) is 0.824. The van der Waals surface area contributed by atoms with Crippen LogP contribution in [0.3, 0.4) is 0 Å². The minimum Gasteiger partial charge on any atom is -0.487 e. The maximum absolute atomic E-state index is 5.99. The second kappa shape index (κ2) is 6.89. The molecular formula is C20H20N2O2. The summed E-state index contributed by atoms with van der Waals surface area (Å²) in [4.78, 5) is 6.78. The third-order valence-corrected chi connectivity index (χ3v) is 4.30. The summed E-state index contributed by atoms with van der Waals surface area (Å²) < 4.78 is 11.4. The average molecular weight is 320 g/mol. The van der Waals surface area contributed by atoms with Gasteiger partial charge in [-0.2, -0.15) is 0 Å². The first-order valence-electron chi connectivity index (χ1n) is 8.28. The minimum absolute atomic E-state index is 0.541. The lowest BCUT2D eigenvalue weighted by Crippen LogP contribution is -2.36. The van der Waals surface area contributed by atoms with Crippen molar-refractivity contribution < 1.29 is 9.47 Å². The molecule has 0 radical (unpaired) electrons. The first-order chi connectivity index (χ1) is 11.9. The first-order valence-corrected chi connectivity index (χ1v) is 8.28. The number of fused-ring (bicyclic) bond motifs is 1. The van der Waals surface area contributed by atoms with Gasteiger partial charge in [-0.3, -0.25) is 4.98 Å². The number of para-hydroxylation sites is 1. The van der Waals surface area contributed by atoms with Gasteiger partial charge in [-0.15, -0.1) is 0 Å². The summed E-state index contributed by atoms with van der Waals surface area (Å²) in [5, 5.41) is 1.10. The Morgan fingerprint density at radius 3 is 2.58 bits per heavy atom. The fourth-order valence-corrected chi connectivity index (χ4v) is 2.98. The zero-order valence-corrected chi connectivity index (χ0v) is 13.5. The summed E-state index contributed by atoms with van der Waals surface area (Å²) in [6.07, 6.45) is 1.80. The van der Waals surface area contributed by atoms with Gasteiger partial charge in [0.25, 0.3) is 0 Å². The van der Waals surface area contributed by atoms with E-state index in [2.05, 4.69) is 34.1 Å². The lowest BCUT2D eigenvalue weighted by atomic mass is 10.2. The first kappa shape index (κ1) is 15.0. The summed E-state index contributed by atoms with van der Waals surface area (Å²) in [7, 11) is 0. The zero-order chi connectivity index (χ0) is 16.2. The van der Waals surface area contributed by atoms with Gasteiger partial charge in [0.1, 0.15) is 17.9 Å². The standard InChI is InChI=1S/C20H20N2O2/c1-3-17-4-2-10-21-20(17)19(5-1)24-15-16-6-8-18(9-7-16)22-11-13-23-14-12-22/h1-10H,11-15H2. The van der Waals surface area contributed by atoms with Gasteiger partial charge < -0.3 is 14.4 Å². The van der Waals surface area contributed by atoms with Crippen molar-refractivity contribution in [3.63, 3.8) is 0 Å². The zero-order valence-electron chi connectivity index (χ0n) is 13.5. The van der Waals surface area contributed by atoms with Crippen molar-refractivity contribution in [2.75, 3.05) is 31.2 Å². The number of hydrogen-bond acceptors (Lipinski definition) is 4. The molecule has 4 nitrogen and oxygen atoms in total. The Morgan fingerprint density at radius 2 is 1.75 bits per heavy atom. The van der Waals surface area contributed by atoms with Gasteiger partial charge >= 0.3 is 0 Å². The molecule has 1 aliphatic rings. The summed E-state index contributed by atoms with van der Waals surface area (Å²) in [5.41, 5.74) is 3.30. The molecule has 0 aliphatic carbocycles. The Bertz CT molecular complexity index is 806. The van der Waals surface area contributed by atoms with Crippen LogP contribution in [-0.4, -0.2) is 31.3 Å². The molecule has 24 heavy (non-hydrogen) atoms. The predicted octanol–water partition coefficient (Wildman–Crippen LogP) is 3.65. The Kier molecular flexibility index (Phi) is 4.30. The molecule has 0 atom stereocenters. The van der Waals surface area contributed by atoms with Crippen LogP contribution < -0.4 is 9.64 Å². The van der Waals surface area contributed by atoms with E-state index in [1.807, 2.05) is 30.3 Å². The van der Waals surface area contributed by atoms with Gasteiger partial charge in [0, 0.05) is 30.4 Å². The monoisotopic (exact) mass is 320 g/mol. The average Bonchev–Trinajstić information content (AvgIpc) is 2.67. The molecule has 1 fully saturated rings. The molecule has 1 aromatic heterocycles. The normalized spacial score (nSPS) is 14.8. The van der Waals surface area contributed by atoms with Crippen LogP contribution in [-0.2, 0) is 11.3 Å². The molecular weight excluding hydrogens is 300 g/mol. The molecule has 1 aliphatic heterocycles. The van der Waals surface area contributed by atoms with E-state index in [-0.39, 0.29) is 0 Å². The lowest BCUT2D eigenvalue weighted by molar-refractivity contribution is 0.122. The van der Waals surface area contributed by atoms with Crippen LogP contribution in [0.2, 0.25) is 0 Å². The molecule has 0 saturated carbocycles. The molecule has 0 unspecified atom stereocenters. The predicted molar refractivity (Wildman–Crippen MR) is 95.5 cm³/mol. The van der Waals surface area contributed by atoms with Crippen molar-refractivity contribution >= 4 is 16.6 Å². The van der Waals surface area contributed by atoms with E-state index < -0.39 is 0 Å². The molecule has 0 N–H and O–H groups in total. The van der Waals surface area contributed by atoms with Crippen LogP contribution in [0.5, 0.6) is 5.75 Å². The van der Waals surface area contributed by atoms with Crippen LogP contribution in [0.4, 0.5) is 5.69 Å². The van der Waals surface area contributed by atoms with E-state index in [1.54, 1.807) is 6.20 Å². The molecule has 122 valence electrons. The minimum atomic E-state index is 0.541. The number of benzene rings is 2. The van der Waals surface area contributed by atoms with Gasteiger partial charge in [-0.25, -0.2) is 0 Å². The Hall–Kier alpha value is -2.59.